The summed E-state index contributed by atoms with van der Waals surface area (Å²) in [6.45, 7) is 3.59. The second-order valence-electron chi connectivity index (χ2n) is 4.54. The van der Waals surface area contributed by atoms with Gasteiger partial charge in [0.2, 0.25) is 0 Å². The van der Waals surface area contributed by atoms with Crippen molar-refractivity contribution in [1.82, 2.24) is 4.98 Å². The number of carbonyl (C=O) groups excluding carboxylic acids is 1. The van der Waals surface area contributed by atoms with Gasteiger partial charge in [-0.1, -0.05) is 11.6 Å². The van der Waals surface area contributed by atoms with Gasteiger partial charge in [-0.25, -0.2) is 4.79 Å². The van der Waals surface area contributed by atoms with Crippen LogP contribution in [0.5, 0.6) is 0 Å². The summed E-state index contributed by atoms with van der Waals surface area (Å²) in [5.74, 6) is -1.42. The SMILES string of the molecule is Cc1ccc(C(=O)Nc2ccc(C(=O)O)cc2Cl)c(C)n1. The van der Waals surface area contributed by atoms with E-state index in [4.69, 9.17) is 16.7 Å². The van der Waals surface area contributed by atoms with Gasteiger partial charge >= 0.3 is 5.97 Å². The van der Waals surface area contributed by atoms with E-state index in [-0.39, 0.29) is 16.5 Å². The molecule has 1 aromatic carbocycles. The highest BCUT2D eigenvalue weighted by atomic mass is 35.5. The number of carbonyl (C=O) groups is 2. The summed E-state index contributed by atoms with van der Waals surface area (Å²) in [6, 6.07) is 7.56. The van der Waals surface area contributed by atoms with Crippen molar-refractivity contribution in [2.75, 3.05) is 5.32 Å². The number of hydrogen-bond donors (Lipinski definition) is 2. The topological polar surface area (TPSA) is 79.3 Å². The maximum absolute atomic E-state index is 12.2. The fourth-order valence-electron chi connectivity index (χ4n) is 1.87. The summed E-state index contributed by atoms with van der Waals surface area (Å²) in [6.07, 6.45) is 0. The zero-order valence-electron chi connectivity index (χ0n) is 11.5. The first-order valence-electron chi connectivity index (χ1n) is 6.17. The molecule has 0 spiro atoms. The lowest BCUT2D eigenvalue weighted by molar-refractivity contribution is 0.0696. The van der Waals surface area contributed by atoms with Crippen LogP contribution in [0.25, 0.3) is 0 Å². The molecule has 6 heteroatoms. The molecule has 0 fully saturated rings. The van der Waals surface area contributed by atoms with E-state index in [2.05, 4.69) is 10.3 Å². The number of benzene rings is 1. The van der Waals surface area contributed by atoms with Gasteiger partial charge in [-0.15, -0.1) is 0 Å². The molecule has 0 saturated carbocycles. The molecule has 0 aliphatic carbocycles. The van der Waals surface area contributed by atoms with Gasteiger partial charge in [0, 0.05) is 5.69 Å². The van der Waals surface area contributed by atoms with Crippen LogP contribution in [0.15, 0.2) is 30.3 Å². The molecule has 0 saturated heterocycles. The number of aromatic carboxylic acids is 1. The van der Waals surface area contributed by atoms with E-state index in [0.717, 1.165) is 5.69 Å². The Labute approximate surface area is 126 Å². The van der Waals surface area contributed by atoms with Crippen LogP contribution in [0, 0.1) is 13.8 Å². The Morgan fingerprint density at radius 1 is 1.19 bits per heavy atom. The lowest BCUT2D eigenvalue weighted by Crippen LogP contribution is -2.14. The molecule has 21 heavy (non-hydrogen) atoms. The molecule has 0 aliphatic rings. The Morgan fingerprint density at radius 2 is 1.90 bits per heavy atom. The summed E-state index contributed by atoms with van der Waals surface area (Å²) >= 11 is 5.98. The largest absolute Gasteiger partial charge is 0.478 e. The molecule has 1 heterocycles. The van der Waals surface area contributed by atoms with Crippen molar-refractivity contribution < 1.29 is 14.7 Å². The average Bonchev–Trinajstić information content (AvgIpc) is 2.40. The number of aryl methyl sites for hydroxylation is 2. The Morgan fingerprint density at radius 3 is 2.48 bits per heavy atom. The molecule has 2 aromatic rings. The van der Waals surface area contributed by atoms with Crippen LogP contribution in [0.3, 0.4) is 0 Å². The van der Waals surface area contributed by atoms with Crippen molar-refractivity contribution in [3.63, 3.8) is 0 Å². The minimum atomic E-state index is -1.08. The van der Waals surface area contributed by atoms with Crippen molar-refractivity contribution in [2.45, 2.75) is 13.8 Å². The number of amides is 1. The van der Waals surface area contributed by atoms with E-state index >= 15 is 0 Å². The molecule has 0 atom stereocenters. The van der Waals surface area contributed by atoms with Gasteiger partial charge in [-0.3, -0.25) is 9.78 Å². The van der Waals surface area contributed by atoms with E-state index in [9.17, 15) is 9.59 Å². The number of halogens is 1. The predicted octanol–water partition coefficient (Wildman–Crippen LogP) is 3.30. The first-order valence-corrected chi connectivity index (χ1v) is 6.54. The third kappa shape index (κ3) is 3.38. The van der Waals surface area contributed by atoms with Crippen molar-refractivity contribution in [3.8, 4) is 0 Å². The molecule has 0 bridgehead atoms. The van der Waals surface area contributed by atoms with Gasteiger partial charge in [-0.05, 0) is 44.2 Å². The summed E-state index contributed by atoms with van der Waals surface area (Å²) in [5, 5.41) is 11.7. The molecular formula is C15H13ClN2O3. The number of pyridine rings is 1. The standard InChI is InChI=1S/C15H13ClN2O3/c1-8-3-5-11(9(2)17-8)14(19)18-13-6-4-10(15(20)21)7-12(13)16/h3-7H,1-2H3,(H,18,19)(H,20,21). The summed E-state index contributed by atoms with van der Waals surface area (Å²) in [5.41, 5.74) is 2.30. The van der Waals surface area contributed by atoms with Crippen LogP contribution in [-0.4, -0.2) is 22.0 Å². The van der Waals surface area contributed by atoms with Crippen molar-refractivity contribution in [3.05, 3.63) is 57.9 Å². The number of carboxylic acids is 1. The number of nitrogens with one attached hydrogen (secondary N) is 1. The lowest BCUT2D eigenvalue weighted by atomic mass is 10.1. The van der Waals surface area contributed by atoms with E-state index in [0.29, 0.717) is 16.9 Å². The third-order valence-corrected chi connectivity index (χ3v) is 3.25. The van der Waals surface area contributed by atoms with E-state index in [1.54, 1.807) is 19.1 Å². The molecule has 108 valence electrons. The summed E-state index contributed by atoms with van der Waals surface area (Å²) in [7, 11) is 0. The highest BCUT2D eigenvalue weighted by Gasteiger charge is 2.13. The zero-order chi connectivity index (χ0) is 15.6. The van der Waals surface area contributed by atoms with Crippen LogP contribution >= 0.6 is 11.6 Å². The number of aromatic nitrogens is 1. The van der Waals surface area contributed by atoms with Gasteiger partial charge in [0.05, 0.1) is 27.5 Å². The Hall–Kier alpha value is -2.40. The van der Waals surface area contributed by atoms with Gasteiger partial charge < -0.3 is 10.4 Å². The summed E-state index contributed by atoms with van der Waals surface area (Å²) < 4.78 is 0. The molecule has 0 radical (unpaired) electrons. The smallest absolute Gasteiger partial charge is 0.335 e. The van der Waals surface area contributed by atoms with E-state index in [1.165, 1.54) is 18.2 Å². The van der Waals surface area contributed by atoms with Gasteiger partial charge in [-0.2, -0.15) is 0 Å². The predicted molar refractivity (Wildman–Crippen MR) is 80.1 cm³/mol. The quantitative estimate of drug-likeness (QED) is 0.912. The number of carboxylic acid groups (broad SMARTS) is 1. The van der Waals surface area contributed by atoms with Gasteiger partial charge in [0.25, 0.3) is 5.91 Å². The number of nitrogens with zero attached hydrogens (tertiary/aromatic N) is 1. The highest BCUT2D eigenvalue weighted by molar-refractivity contribution is 6.34. The zero-order valence-corrected chi connectivity index (χ0v) is 12.2. The second-order valence-corrected chi connectivity index (χ2v) is 4.95. The summed E-state index contributed by atoms with van der Waals surface area (Å²) in [4.78, 5) is 27.2. The first-order chi connectivity index (χ1) is 9.88. The normalized spacial score (nSPS) is 10.2. The van der Waals surface area contributed by atoms with Gasteiger partial charge in [0.15, 0.2) is 0 Å². The minimum Gasteiger partial charge on any atom is -0.478 e. The first kappa shape index (κ1) is 15.0. The molecule has 1 amide bonds. The maximum Gasteiger partial charge on any atom is 0.335 e. The highest BCUT2D eigenvalue weighted by Crippen LogP contribution is 2.24. The van der Waals surface area contributed by atoms with Crippen LogP contribution < -0.4 is 5.32 Å². The van der Waals surface area contributed by atoms with Crippen LogP contribution in [0.2, 0.25) is 5.02 Å². The number of anilines is 1. The minimum absolute atomic E-state index is 0.0613. The fourth-order valence-corrected chi connectivity index (χ4v) is 2.09. The Balaban J connectivity index is 2.25. The molecule has 0 unspecified atom stereocenters. The van der Waals surface area contributed by atoms with E-state index < -0.39 is 5.97 Å². The molecule has 5 nitrogen and oxygen atoms in total. The second kappa shape index (κ2) is 5.93. The monoisotopic (exact) mass is 304 g/mol. The molecule has 2 N–H and O–H groups in total. The molecular weight excluding hydrogens is 292 g/mol. The maximum atomic E-state index is 12.2. The van der Waals surface area contributed by atoms with E-state index in [1.807, 2.05) is 6.92 Å². The van der Waals surface area contributed by atoms with Crippen LogP contribution in [0.1, 0.15) is 32.1 Å². The number of hydrogen-bond acceptors (Lipinski definition) is 3. The molecule has 0 aliphatic heterocycles. The molecule has 2 rings (SSSR count). The third-order valence-electron chi connectivity index (χ3n) is 2.93. The number of rotatable bonds is 3. The van der Waals surface area contributed by atoms with Crippen molar-refractivity contribution in [1.29, 1.82) is 0 Å². The lowest BCUT2D eigenvalue weighted by Gasteiger charge is -2.09. The molecule has 1 aromatic heterocycles. The van der Waals surface area contributed by atoms with Crippen LogP contribution in [-0.2, 0) is 0 Å². The van der Waals surface area contributed by atoms with Crippen molar-refractivity contribution in [2.24, 2.45) is 0 Å². The average molecular weight is 305 g/mol. The Bertz CT molecular complexity index is 729. The van der Waals surface area contributed by atoms with Crippen molar-refractivity contribution >= 4 is 29.2 Å². The Kier molecular flexibility index (Phi) is 4.23. The van der Waals surface area contributed by atoms with Crippen LogP contribution in [0.4, 0.5) is 5.69 Å². The van der Waals surface area contributed by atoms with Gasteiger partial charge in [0.1, 0.15) is 0 Å². The fraction of sp³-hybridized carbons (Fsp3) is 0.133.